The maximum atomic E-state index is 12.1. The lowest BCUT2D eigenvalue weighted by Gasteiger charge is -2.39. The third kappa shape index (κ3) is 12.7. The Balaban J connectivity index is 0.000000173. The highest BCUT2D eigenvalue weighted by atomic mass is 79.9. The standard InChI is InChI=1S/C22H25N3O4.C16H20BrN3O3.C6H6BO3/c1-22(2,3)29-21(27)24-10-15(11-24)13-28-20-8-17(12-25-14-23-9-19(20)25)16-4-6-18(26)7-5-16;1-16(2,3)23-15(21)19-6-11(7-19)9-22-14-4-12(17)8-20-10-18-5-13(14)20;8-5-1-3-6(4-2-5)10-7-9/h4-9,12,14-15,26H,10-11,13H2,1-3H3;4-5,8,10-11H,6-7,9H2,1-3H3;1-4,8-9H. The molecule has 18 heteroatoms. The highest BCUT2D eigenvalue weighted by Crippen LogP contribution is 2.31. The Morgan fingerprint density at radius 2 is 1.15 bits per heavy atom. The quantitative estimate of drug-likeness (QED) is 0.121. The van der Waals surface area contributed by atoms with Gasteiger partial charge in [-0.3, -0.25) is 0 Å². The van der Waals surface area contributed by atoms with Crippen molar-refractivity contribution in [1.29, 1.82) is 0 Å². The van der Waals surface area contributed by atoms with E-state index in [1.807, 2.05) is 87.0 Å². The number of rotatable bonds is 9. The lowest BCUT2D eigenvalue weighted by molar-refractivity contribution is -0.00859. The van der Waals surface area contributed by atoms with Crippen molar-refractivity contribution in [2.45, 2.75) is 52.7 Å². The van der Waals surface area contributed by atoms with Crippen molar-refractivity contribution < 1.29 is 48.4 Å². The van der Waals surface area contributed by atoms with E-state index in [2.05, 4.69) is 30.6 Å². The van der Waals surface area contributed by atoms with E-state index in [-0.39, 0.29) is 29.6 Å². The number of likely N-dealkylation sites (tertiary alicyclic amines) is 2. The fraction of sp³-hybridized carbons (Fsp3) is 0.364. The summed E-state index contributed by atoms with van der Waals surface area (Å²) in [5.74, 6) is 3.00. The number of nitrogens with zero attached hydrogens (tertiary/aromatic N) is 6. The summed E-state index contributed by atoms with van der Waals surface area (Å²) in [6, 6.07) is 17.0. The number of carbonyl (C=O) groups excluding carboxylic acids is 2. The fourth-order valence-electron chi connectivity index (χ4n) is 6.31. The van der Waals surface area contributed by atoms with Crippen LogP contribution in [0, 0.1) is 11.8 Å². The van der Waals surface area contributed by atoms with Gasteiger partial charge in [0.15, 0.2) is 0 Å². The molecule has 2 saturated heterocycles. The minimum atomic E-state index is -0.485. The number of carbonyl (C=O) groups is 2. The number of hydrogen-bond donors (Lipinski definition) is 3. The molecule has 3 N–H and O–H groups in total. The van der Waals surface area contributed by atoms with Crippen LogP contribution in [0.4, 0.5) is 9.59 Å². The lowest BCUT2D eigenvalue weighted by Crippen LogP contribution is -2.53. The van der Waals surface area contributed by atoms with Crippen LogP contribution in [0.5, 0.6) is 28.7 Å². The van der Waals surface area contributed by atoms with Crippen molar-refractivity contribution >= 4 is 46.8 Å². The number of aromatic hydroxyl groups is 2. The van der Waals surface area contributed by atoms with E-state index < -0.39 is 11.2 Å². The molecule has 0 aliphatic carbocycles. The third-order valence-corrected chi connectivity index (χ3v) is 9.76. The van der Waals surface area contributed by atoms with Gasteiger partial charge in [0.25, 0.3) is 0 Å². The van der Waals surface area contributed by atoms with E-state index in [0.717, 1.165) is 38.1 Å². The van der Waals surface area contributed by atoms with Gasteiger partial charge < -0.3 is 57.4 Å². The Hall–Kier alpha value is -6.14. The second-order valence-corrected chi connectivity index (χ2v) is 17.8. The van der Waals surface area contributed by atoms with E-state index in [9.17, 15) is 14.7 Å². The van der Waals surface area contributed by atoms with E-state index in [0.29, 0.717) is 58.7 Å². The van der Waals surface area contributed by atoms with Gasteiger partial charge in [-0.2, -0.15) is 0 Å². The van der Waals surface area contributed by atoms with Gasteiger partial charge in [-0.15, -0.1) is 0 Å². The number of aromatic nitrogens is 4. The van der Waals surface area contributed by atoms with Crippen LogP contribution in [-0.2, 0) is 9.47 Å². The number of phenols is 2. The molecule has 2 aliphatic heterocycles. The number of ether oxygens (including phenoxy) is 4. The summed E-state index contributed by atoms with van der Waals surface area (Å²) >= 11 is 3.46. The Morgan fingerprint density at radius 3 is 1.61 bits per heavy atom. The van der Waals surface area contributed by atoms with Crippen molar-refractivity contribution in [2.75, 3.05) is 39.4 Å². The highest BCUT2D eigenvalue weighted by Gasteiger charge is 2.35. The SMILES string of the molecule is CC(C)(C)OC(=O)N1CC(COc2cc(-c3ccc(O)cc3)cn3cncc23)C1.CC(C)(C)OC(=O)N1CC(COc2cc(Br)cn3cncc23)C1.O[B]Oc1ccc(O)cc1. The van der Waals surface area contributed by atoms with Gasteiger partial charge in [-0.05, 0) is 112 Å². The van der Waals surface area contributed by atoms with Crippen LogP contribution in [0.3, 0.4) is 0 Å². The first-order valence-electron chi connectivity index (χ1n) is 19.9. The van der Waals surface area contributed by atoms with Crippen LogP contribution in [0.2, 0.25) is 0 Å². The average Bonchev–Trinajstić information content (AvgIpc) is 3.84. The molecular weight excluding hydrogens is 863 g/mol. The first kappa shape index (κ1) is 45.4. The summed E-state index contributed by atoms with van der Waals surface area (Å²) in [4.78, 5) is 35.7. The molecule has 0 unspecified atom stereocenters. The number of benzene rings is 2. The minimum absolute atomic E-state index is 0.172. The van der Waals surface area contributed by atoms with Gasteiger partial charge in [-0.25, -0.2) is 19.6 Å². The molecule has 0 spiro atoms. The Morgan fingerprint density at radius 1 is 0.694 bits per heavy atom. The number of amides is 2. The van der Waals surface area contributed by atoms with Crippen molar-refractivity contribution in [3.8, 4) is 39.9 Å². The zero-order chi connectivity index (χ0) is 44.6. The van der Waals surface area contributed by atoms with Crippen LogP contribution in [0.25, 0.3) is 22.2 Å². The Bertz CT molecular complexity index is 2420. The molecule has 0 bridgehead atoms. The summed E-state index contributed by atoms with van der Waals surface area (Å²) in [6.07, 6.45) is 10.4. The van der Waals surface area contributed by atoms with Crippen molar-refractivity contribution in [1.82, 2.24) is 28.6 Å². The van der Waals surface area contributed by atoms with E-state index in [1.54, 1.807) is 59.1 Å². The lowest BCUT2D eigenvalue weighted by atomic mass is 10.0. The smallest absolute Gasteiger partial charge is 0.537 e. The van der Waals surface area contributed by atoms with Gasteiger partial charge in [0, 0.05) is 60.4 Å². The number of halogens is 1. The van der Waals surface area contributed by atoms with E-state index >= 15 is 0 Å². The predicted octanol–water partition coefficient (Wildman–Crippen LogP) is 7.59. The molecule has 8 rings (SSSR count). The second-order valence-electron chi connectivity index (χ2n) is 16.9. The minimum Gasteiger partial charge on any atom is -0.537 e. The number of hydrogen-bond acceptors (Lipinski definition) is 12. The number of pyridine rings is 2. The van der Waals surface area contributed by atoms with Gasteiger partial charge in [-0.1, -0.05) is 12.1 Å². The topological polar surface area (TPSA) is 182 Å². The fourth-order valence-corrected chi connectivity index (χ4v) is 6.74. The number of fused-ring (bicyclic) bond motifs is 2. The van der Waals surface area contributed by atoms with Crippen molar-refractivity contribution in [3.05, 3.63) is 103 Å². The molecule has 2 fully saturated rings. The van der Waals surface area contributed by atoms with Crippen molar-refractivity contribution in [3.63, 3.8) is 0 Å². The molecule has 327 valence electrons. The Labute approximate surface area is 369 Å². The molecule has 6 heterocycles. The van der Waals surface area contributed by atoms with Crippen LogP contribution >= 0.6 is 15.9 Å². The predicted molar refractivity (Wildman–Crippen MR) is 235 cm³/mol. The van der Waals surface area contributed by atoms with Gasteiger partial charge in [0.1, 0.15) is 51.0 Å². The maximum Gasteiger partial charge on any atom is 0.569 e. The van der Waals surface area contributed by atoms with Crippen LogP contribution in [0.1, 0.15) is 41.5 Å². The number of imidazole rings is 2. The van der Waals surface area contributed by atoms with Gasteiger partial charge in [0.2, 0.25) is 0 Å². The summed E-state index contributed by atoms with van der Waals surface area (Å²) < 4.78 is 32.1. The van der Waals surface area contributed by atoms with Crippen LogP contribution in [-0.4, -0.2) is 114 Å². The van der Waals surface area contributed by atoms with Crippen LogP contribution in [0.15, 0.2) is 103 Å². The largest absolute Gasteiger partial charge is 0.569 e. The molecule has 0 atom stereocenters. The van der Waals surface area contributed by atoms with E-state index in [1.165, 1.54) is 12.1 Å². The Kier molecular flexibility index (Phi) is 14.4. The van der Waals surface area contributed by atoms with Gasteiger partial charge >= 0.3 is 19.9 Å². The first-order chi connectivity index (χ1) is 29.4. The highest BCUT2D eigenvalue weighted by molar-refractivity contribution is 9.10. The number of phenolic OH excluding ortho intramolecular Hbond substituents is 2. The molecule has 4 aromatic heterocycles. The summed E-state index contributed by atoms with van der Waals surface area (Å²) in [5, 5.41) is 26.5. The molecule has 2 aromatic carbocycles. The summed E-state index contributed by atoms with van der Waals surface area (Å²) in [7, 11) is 0.590. The monoisotopic (exact) mass is 913 g/mol. The van der Waals surface area contributed by atoms with Gasteiger partial charge in [0.05, 0.1) is 38.3 Å². The summed E-state index contributed by atoms with van der Waals surface area (Å²) in [6.45, 7) is 14.9. The first-order valence-corrected chi connectivity index (χ1v) is 20.7. The molecule has 2 amide bonds. The normalized spacial score (nSPS) is 14.1. The molecule has 0 saturated carbocycles. The molecular formula is C44H51BBrN6O10. The zero-order valence-electron chi connectivity index (χ0n) is 35.5. The molecule has 1 radical (unpaired) electrons. The molecule has 16 nitrogen and oxygen atoms in total. The maximum absolute atomic E-state index is 12.1. The second kappa shape index (κ2) is 19.7. The molecule has 6 aromatic rings. The third-order valence-electron chi connectivity index (χ3n) is 9.33. The van der Waals surface area contributed by atoms with Crippen molar-refractivity contribution in [2.24, 2.45) is 11.8 Å². The summed E-state index contributed by atoms with van der Waals surface area (Å²) in [5.41, 5.74) is 2.81. The molecule has 2 aliphatic rings. The van der Waals surface area contributed by atoms with E-state index in [4.69, 9.17) is 29.1 Å². The zero-order valence-corrected chi connectivity index (χ0v) is 37.1. The molecule has 62 heavy (non-hydrogen) atoms. The van der Waals surface area contributed by atoms with Crippen LogP contribution < -0.4 is 14.1 Å². The average molecular weight is 915 g/mol.